The van der Waals surface area contributed by atoms with E-state index in [1.165, 1.54) is 35.6 Å². The first-order valence-electron chi connectivity index (χ1n) is 9.22. The summed E-state index contributed by atoms with van der Waals surface area (Å²) in [6.07, 6.45) is 4.84. The molecule has 1 amide bonds. The molecule has 1 aromatic heterocycles. The monoisotopic (exact) mass is 459 g/mol. The summed E-state index contributed by atoms with van der Waals surface area (Å²) in [6.45, 7) is 0.678. The van der Waals surface area contributed by atoms with Crippen LogP contribution in [0.2, 0.25) is 0 Å². The Balaban J connectivity index is 2.00. The van der Waals surface area contributed by atoms with Crippen molar-refractivity contribution in [2.45, 2.75) is 6.54 Å². The molecule has 31 heavy (non-hydrogen) atoms. The van der Waals surface area contributed by atoms with Crippen LogP contribution >= 0.6 is 23.1 Å². The van der Waals surface area contributed by atoms with Gasteiger partial charge in [0.15, 0.2) is 16.3 Å². The van der Waals surface area contributed by atoms with Crippen molar-refractivity contribution in [3.8, 4) is 11.5 Å². The van der Waals surface area contributed by atoms with E-state index >= 15 is 0 Å². The number of non-ortho nitro benzene ring substituents is 1. The Kier molecular flexibility index (Phi) is 7.48. The maximum absolute atomic E-state index is 12.5. The highest BCUT2D eigenvalue weighted by molar-refractivity contribution is 7.98. The molecule has 0 saturated carbocycles. The summed E-state index contributed by atoms with van der Waals surface area (Å²) in [5.41, 5.74) is 1.43. The van der Waals surface area contributed by atoms with Gasteiger partial charge in [-0.3, -0.25) is 14.9 Å². The fraction of sp³-hybridized carbons (Fsp3) is 0.238. The molecule has 0 saturated heterocycles. The second-order valence-corrected chi connectivity index (χ2v) is 8.33. The number of rotatable bonds is 8. The van der Waals surface area contributed by atoms with Gasteiger partial charge in [0.2, 0.25) is 0 Å². The molecule has 0 aliphatic rings. The number of nitrogens with zero attached hydrogens (tertiary/aromatic N) is 3. The van der Waals surface area contributed by atoms with Crippen molar-refractivity contribution in [2.75, 3.05) is 26.2 Å². The van der Waals surface area contributed by atoms with Gasteiger partial charge in [0, 0.05) is 42.6 Å². The highest BCUT2D eigenvalue weighted by atomic mass is 32.2. The summed E-state index contributed by atoms with van der Waals surface area (Å²) >= 11 is 3.08. The molecule has 3 aromatic rings. The van der Waals surface area contributed by atoms with Gasteiger partial charge in [-0.1, -0.05) is 23.5 Å². The van der Waals surface area contributed by atoms with Crippen molar-refractivity contribution in [3.05, 3.63) is 63.0 Å². The zero-order valence-corrected chi connectivity index (χ0v) is 18.9. The molecular weight excluding hydrogens is 438 g/mol. The highest BCUT2D eigenvalue weighted by Crippen LogP contribution is 2.33. The van der Waals surface area contributed by atoms with Crippen LogP contribution < -0.4 is 14.3 Å². The molecule has 0 aliphatic heterocycles. The summed E-state index contributed by atoms with van der Waals surface area (Å²) in [6, 6.07) is 9.82. The van der Waals surface area contributed by atoms with E-state index in [9.17, 15) is 14.9 Å². The van der Waals surface area contributed by atoms with Crippen LogP contribution in [0.25, 0.3) is 16.3 Å². The standard InChI is InChI=1S/C21H21N3O5S2/c1-28-17-12-16-19(13-18(17)29-2)31-21(23(16)9-10-30-3)22-20(25)8-7-14-5-4-6-15(11-14)24(26)27/h4-8,11-13H,9-10H2,1-3H3. The normalized spacial score (nSPS) is 11.9. The number of aromatic nitrogens is 1. The van der Waals surface area contributed by atoms with Crippen molar-refractivity contribution >= 4 is 51.0 Å². The summed E-state index contributed by atoms with van der Waals surface area (Å²) in [5, 5.41) is 10.9. The lowest BCUT2D eigenvalue weighted by atomic mass is 10.2. The molecule has 0 N–H and O–H groups in total. The Labute approximate surface area is 187 Å². The lowest BCUT2D eigenvalue weighted by Gasteiger charge is -2.09. The lowest BCUT2D eigenvalue weighted by Crippen LogP contribution is -2.17. The molecule has 0 radical (unpaired) electrons. The first-order chi connectivity index (χ1) is 15.0. The molecule has 3 rings (SSSR count). The number of hydrogen-bond acceptors (Lipinski definition) is 7. The first-order valence-corrected chi connectivity index (χ1v) is 11.4. The second-order valence-electron chi connectivity index (χ2n) is 6.34. The Bertz CT molecular complexity index is 1210. The minimum atomic E-state index is -0.474. The molecule has 0 bridgehead atoms. The minimum Gasteiger partial charge on any atom is -0.493 e. The number of benzene rings is 2. The van der Waals surface area contributed by atoms with Crippen LogP contribution in [0.15, 0.2) is 47.5 Å². The van der Waals surface area contributed by atoms with E-state index in [2.05, 4.69) is 4.99 Å². The molecular formula is C21H21N3O5S2. The number of ether oxygens (including phenoxy) is 2. The predicted octanol–water partition coefficient (Wildman–Crippen LogP) is 4.13. The average Bonchev–Trinajstić information content (AvgIpc) is 3.10. The molecule has 0 spiro atoms. The van der Waals surface area contributed by atoms with Crippen molar-refractivity contribution in [1.29, 1.82) is 0 Å². The molecule has 8 nitrogen and oxygen atoms in total. The number of methoxy groups -OCH3 is 2. The third-order valence-corrected chi connectivity index (χ3v) is 6.04. The van der Waals surface area contributed by atoms with Crippen LogP contribution in [0, 0.1) is 10.1 Å². The van der Waals surface area contributed by atoms with Gasteiger partial charge < -0.3 is 14.0 Å². The molecule has 2 aromatic carbocycles. The van der Waals surface area contributed by atoms with Crippen LogP contribution in [0.5, 0.6) is 11.5 Å². The van der Waals surface area contributed by atoms with Crippen molar-refractivity contribution in [2.24, 2.45) is 4.99 Å². The van der Waals surface area contributed by atoms with Gasteiger partial charge in [-0.25, -0.2) is 0 Å². The highest BCUT2D eigenvalue weighted by Gasteiger charge is 2.13. The fourth-order valence-corrected chi connectivity index (χ4v) is 4.36. The maximum Gasteiger partial charge on any atom is 0.272 e. The number of nitro groups is 1. The number of nitro benzene ring substituents is 1. The van der Waals surface area contributed by atoms with E-state index in [1.807, 2.05) is 23.0 Å². The number of hydrogen-bond donors (Lipinski definition) is 0. The first kappa shape index (κ1) is 22.6. The minimum absolute atomic E-state index is 0.0335. The van der Waals surface area contributed by atoms with Gasteiger partial charge in [0.25, 0.3) is 11.6 Å². The number of aryl methyl sites for hydroxylation is 1. The van der Waals surface area contributed by atoms with Gasteiger partial charge in [0.1, 0.15) is 0 Å². The number of carbonyl (C=O) groups is 1. The predicted molar refractivity (Wildman–Crippen MR) is 124 cm³/mol. The lowest BCUT2D eigenvalue weighted by molar-refractivity contribution is -0.384. The molecule has 0 fully saturated rings. The molecule has 1 heterocycles. The van der Waals surface area contributed by atoms with E-state index in [0.29, 0.717) is 28.4 Å². The SMILES string of the molecule is COc1cc2sc(=NC(=O)C=Cc3cccc([N+](=O)[O-])c3)n(CCSC)c2cc1OC. The zero-order valence-electron chi connectivity index (χ0n) is 17.2. The van der Waals surface area contributed by atoms with E-state index in [-0.39, 0.29) is 5.69 Å². The molecule has 10 heteroatoms. The number of carbonyl (C=O) groups excluding carboxylic acids is 1. The quantitative estimate of drug-likeness (QED) is 0.285. The van der Waals surface area contributed by atoms with Crippen molar-refractivity contribution < 1.29 is 19.2 Å². The van der Waals surface area contributed by atoms with Crippen LogP contribution in [0.3, 0.4) is 0 Å². The van der Waals surface area contributed by atoms with Gasteiger partial charge in [0.05, 0.1) is 29.4 Å². The molecule has 0 aliphatic carbocycles. The van der Waals surface area contributed by atoms with Crippen LogP contribution in [0.4, 0.5) is 5.69 Å². The number of amides is 1. The van der Waals surface area contributed by atoms with Crippen molar-refractivity contribution in [1.82, 2.24) is 4.57 Å². The van der Waals surface area contributed by atoms with Crippen molar-refractivity contribution in [3.63, 3.8) is 0 Å². The smallest absolute Gasteiger partial charge is 0.272 e. The Hall–Kier alpha value is -3.11. The summed E-state index contributed by atoms with van der Waals surface area (Å²) in [4.78, 5) is 27.8. The Morgan fingerprint density at radius 2 is 2.00 bits per heavy atom. The summed E-state index contributed by atoms with van der Waals surface area (Å²) in [5.74, 6) is 1.62. The van der Waals surface area contributed by atoms with Gasteiger partial charge in [-0.15, -0.1) is 0 Å². The number of thiazole rings is 1. The number of thioether (sulfide) groups is 1. The van der Waals surface area contributed by atoms with E-state index in [4.69, 9.17) is 9.47 Å². The average molecular weight is 460 g/mol. The molecule has 162 valence electrons. The van der Waals surface area contributed by atoms with E-state index in [1.54, 1.807) is 38.1 Å². The summed E-state index contributed by atoms with van der Waals surface area (Å²) < 4.78 is 13.7. The third kappa shape index (κ3) is 5.33. The Morgan fingerprint density at radius 3 is 2.68 bits per heavy atom. The van der Waals surface area contributed by atoms with E-state index in [0.717, 1.165) is 16.0 Å². The second kappa shape index (κ2) is 10.3. The van der Waals surface area contributed by atoms with Gasteiger partial charge >= 0.3 is 0 Å². The summed E-state index contributed by atoms with van der Waals surface area (Å²) in [7, 11) is 3.16. The van der Waals surface area contributed by atoms with Gasteiger partial charge in [-0.05, 0) is 17.9 Å². The zero-order chi connectivity index (χ0) is 22.4. The largest absolute Gasteiger partial charge is 0.493 e. The molecule has 0 unspecified atom stereocenters. The van der Waals surface area contributed by atoms with Crippen LogP contribution in [0.1, 0.15) is 5.56 Å². The Morgan fingerprint density at radius 1 is 1.26 bits per heavy atom. The van der Waals surface area contributed by atoms with Gasteiger partial charge in [-0.2, -0.15) is 16.8 Å². The van der Waals surface area contributed by atoms with Crippen LogP contribution in [-0.2, 0) is 11.3 Å². The topological polar surface area (TPSA) is 96.0 Å². The maximum atomic E-state index is 12.5. The fourth-order valence-electron chi connectivity index (χ4n) is 2.92. The van der Waals surface area contributed by atoms with Crippen LogP contribution in [-0.4, -0.2) is 41.6 Å². The molecule has 0 atom stereocenters. The number of fused-ring (bicyclic) bond motifs is 1. The van der Waals surface area contributed by atoms with E-state index < -0.39 is 10.8 Å². The third-order valence-electron chi connectivity index (χ3n) is 4.41.